The third-order valence-corrected chi connectivity index (χ3v) is 11.1. The van der Waals surface area contributed by atoms with Crippen LogP contribution in [0.25, 0.3) is 11.3 Å². The predicted octanol–water partition coefficient (Wildman–Crippen LogP) is 12.0. The fourth-order valence-corrected chi connectivity index (χ4v) is 8.96. The maximum Gasteiger partial charge on any atom is 2.00 e. The number of benzene rings is 3. The van der Waals surface area contributed by atoms with E-state index in [-0.39, 0.29) is 40.8 Å². The first-order valence-corrected chi connectivity index (χ1v) is 17.7. The topological polar surface area (TPSA) is 17.8 Å². The van der Waals surface area contributed by atoms with Crippen molar-refractivity contribution in [1.29, 1.82) is 0 Å². The molecule has 2 saturated carbocycles. The molecule has 4 aromatic rings. The predicted molar refractivity (Wildman–Crippen MR) is 187 cm³/mol. The summed E-state index contributed by atoms with van der Waals surface area (Å²) in [6.07, 6.45) is -5.64. The Balaban J connectivity index is 0.00000107. The van der Waals surface area contributed by atoms with Crippen LogP contribution in [0.15, 0.2) is 60.8 Å². The normalized spacial score (nSPS) is 16.5. The minimum absolute atomic E-state index is 0. The molecule has 16 heteroatoms. The van der Waals surface area contributed by atoms with Crippen molar-refractivity contribution >= 4 is 18.5 Å². The van der Waals surface area contributed by atoms with Crippen LogP contribution in [-0.2, 0) is 41.8 Å². The summed E-state index contributed by atoms with van der Waals surface area (Å²) in [5.41, 5.74) is -2.91. The van der Waals surface area contributed by atoms with Crippen LogP contribution in [0.3, 0.4) is 0 Å². The Kier molecular flexibility index (Phi) is 14.2. The molecule has 296 valence electrons. The van der Waals surface area contributed by atoms with E-state index in [1.165, 1.54) is 23.9 Å². The average Bonchev–Trinajstić information content (AvgIpc) is 3.87. The standard InChI is InChI=1S/C35H26F12N2P.C5H5.Fe/c1-18-10-19(2)31(20(3)11-18)29-8-9-49(48-29)21(4)28-6-5-7-30(28)50(26-14-22(32(36,37)38)12-23(15-26)33(39,40)41)27-16-24(34(42,43)44)13-25(17-27)35(45,46)47;1-2-4-5-3-1;/h5-17,21H,1-4H3;1-5H;/q;;+2/t21-;;/m1../s1. The minimum Gasteiger partial charge on any atom is -0.269 e. The van der Waals surface area contributed by atoms with Crippen molar-refractivity contribution in [3.63, 3.8) is 0 Å². The summed E-state index contributed by atoms with van der Waals surface area (Å²) in [7, 11) is -2.90. The second-order valence-electron chi connectivity index (χ2n) is 12.8. The molecule has 3 aromatic carbocycles. The van der Waals surface area contributed by atoms with Crippen molar-refractivity contribution < 1.29 is 69.8 Å². The van der Waals surface area contributed by atoms with Gasteiger partial charge in [-0.15, -0.1) is 0 Å². The van der Waals surface area contributed by atoms with Crippen LogP contribution < -0.4 is 10.6 Å². The van der Waals surface area contributed by atoms with Gasteiger partial charge in [0.25, 0.3) is 0 Å². The molecule has 0 N–H and O–H groups in total. The molecule has 2 nitrogen and oxygen atoms in total. The Morgan fingerprint density at radius 1 is 0.554 bits per heavy atom. The third kappa shape index (κ3) is 10.7. The molecule has 1 atom stereocenters. The van der Waals surface area contributed by atoms with Crippen LogP contribution >= 0.6 is 7.92 Å². The summed E-state index contributed by atoms with van der Waals surface area (Å²) in [4.78, 5) is 0. The Morgan fingerprint density at radius 3 is 1.32 bits per heavy atom. The monoisotopic (exact) mass is 854 g/mol. The van der Waals surface area contributed by atoms with Crippen LogP contribution in [0.2, 0.25) is 0 Å². The van der Waals surface area contributed by atoms with Gasteiger partial charge < -0.3 is 0 Å². The molecule has 2 aliphatic carbocycles. The number of alkyl halides is 12. The van der Waals surface area contributed by atoms with Gasteiger partial charge in [0.15, 0.2) is 0 Å². The van der Waals surface area contributed by atoms with Crippen LogP contribution in [0.1, 0.15) is 51.9 Å². The van der Waals surface area contributed by atoms with Gasteiger partial charge in [-0.1, -0.05) is 17.7 Å². The molecule has 0 spiro atoms. The number of nitrogens with zero attached hydrogens (tertiary/aromatic N) is 2. The summed E-state index contributed by atoms with van der Waals surface area (Å²) >= 11 is 0. The zero-order valence-electron chi connectivity index (χ0n) is 29.7. The van der Waals surface area contributed by atoms with Gasteiger partial charge in [-0.25, -0.2) is 0 Å². The van der Waals surface area contributed by atoms with Crippen LogP contribution in [0, 0.1) is 83.7 Å². The van der Waals surface area contributed by atoms with Crippen LogP contribution in [0.4, 0.5) is 52.7 Å². The first kappa shape index (κ1) is 45.7. The molecular weight excluding hydrogens is 823 g/mol. The number of rotatable bonds is 6. The fraction of sp³-hybridized carbons (Fsp3) is 0.225. The second-order valence-corrected chi connectivity index (χ2v) is 15.0. The molecule has 0 amide bonds. The van der Waals surface area contributed by atoms with E-state index < -0.39 is 71.5 Å². The molecule has 56 heavy (non-hydrogen) atoms. The minimum atomic E-state index is -5.33. The molecule has 1 heterocycles. The molecule has 10 radical (unpaired) electrons. The largest absolute Gasteiger partial charge is 2.00 e. The molecule has 1 aromatic heterocycles. The van der Waals surface area contributed by atoms with E-state index in [1.54, 1.807) is 19.2 Å². The van der Waals surface area contributed by atoms with E-state index in [1.807, 2.05) is 65.0 Å². The van der Waals surface area contributed by atoms with Gasteiger partial charge in [-0.05, 0) is 151 Å². The van der Waals surface area contributed by atoms with Gasteiger partial charge in [0, 0.05) is 23.3 Å². The smallest absolute Gasteiger partial charge is 0.269 e. The van der Waals surface area contributed by atoms with Gasteiger partial charge in [0.05, 0.1) is 34.0 Å². The summed E-state index contributed by atoms with van der Waals surface area (Å²) in [6.45, 7) is 7.28. The summed E-state index contributed by atoms with van der Waals surface area (Å²) in [5, 5.41) is 3.15. The Bertz CT molecular complexity index is 1790. The van der Waals surface area contributed by atoms with Gasteiger partial charge in [-0.2, -0.15) is 57.8 Å². The molecule has 0 aliphatic heterocycles. The number of aromatic nitrogens is 2. The summed E-state index contributed by atoms with van der Waals surface area (Å²) < 4.78 is 169. The second kappa shape index (κ2) is 17.5. The van der Waals surface area contributed by atoms with Gasteiger partial charge in [-0.3, -0.25) is 4.68 Å². The number of hydrogen-bond donors (Lipinski definition) is 0. The van der Waals surface area contributed by atoms with Gasteiger partial charge in [0.1, 0.15) is 0 Å². The van der Waals surface area contributed by atoms with E-state index in [4.69, 9.17) is 0 Å². The maximum absolute atomic E-state index is 14.0. The zero-order chi connectivity index (χ0) is 40.7. The van der Waals surface area contributed by atoms with Gasteiger partial charge in [0.2, 0.25) is 0 Å². The molecule has 0 unspecified atom stereocenters. The Hall–Kier alpha value is -3.02. The van der Waals surface area contributed by atoms with Crippen molar-refractivity contribution in [2.24, 2.45) is 0 Å². The first-order chi connectivity index (χ1) is 25.4. The van der Waals surface area contributed by atoms with Crippen LogP contribution in [0.5, 0.6) is 0 Å². The Morgan fingerprint density at radius 2 is 0.946 bits per heavy atom. The molecular formula is C40H31F12FeN2P+2. The van der Waals surface area contributed by atoms with E-state index in [9.17, 15) is 52.7 Å². The Labute approximate surface area is 329 Å². The SMILES string of the molecule is Cc1cc(C)c(-c2ccn([C@H](C)[C]3[CH][CH][CH][C]3P(c3cc(C(F)(F)F)cc(C(F)(F)F)c3)c3cc(C(F)(F)F)cc(C(F)(F)F)c3)n2)c(C)c1.[CH]1[CH][CH][CH][CH]1.[Fe+2]. The average molecular weight is 854 g/mol. The first-order valence-electron chi connectivity index (χ1n) is 16.4. The van der Waals surface area contributed by atoms with Crippen LogP contribution in [-0.4, -0.2) is 9.78 Å². The van der Waals surface area contributed by atoms with Gasteiger partial charge >= 0.3 is 41.8 Å². The summed E-state index contributed by atoms with van der Waals surface area (Å²) in [6, 6.07) is 5.82. The molecule has 6 rings (SSSR count). The zero-order valence-corrected chi connectivity index (χ0v) is 31.7. The van der Waals surface area contributed by atoms with E-state index >= 15 is 0 Å². The quantitative estimate of drug-likeness (QED) is 0.107. The molecule has 0 bridgehead atoms. The molecule has 2 aliphatic rings. The van der Waals surface area contributed by atoms with E-state index in [0.29, 0.717) is 30.0 Å². The van der Waals surface area contributed by atoms with E-state index in [2.05, 4.69) is 5.10 Å². The number of halogens is 12. The maximum atomic E-state index is 14.0. The van der Waals surface area contributed by atoms with E-state index in [0.717, 1.165) is 22.3 Å². The van der Waals surface area contributed by atoms with Crippen molar-refractivity contribution in [1.82, 2.24) is 9.78 Å². The fourth-order valence-electron chi connectivity index (χ4n) is 6.28. The van der Waals surface area contributed by atoms with Crippen molar-refractivity contribution in [3.05, 3.63) is 163 Å². The number of hydrogen-bond acceptors (Lipinski definition) is 1. The summed E-state index contributed by atoms with van der Waals surface area (Å²) in [5.74, 6) is 0.222. The van der Waals surface area contributed by atoms with Crippen molar-refractivity contribution in [2.75, 3.05) is 0 Å². The number of aryl methyl sites for hydroxylation is 3. The third-order valence-electron chi connectivity index (χ3n) is 8.67. The van der Waals surface area contributed by atoms with Crippen molar-refractivity contribution in [3.8, 4) is 11.3 Å². The molecule has 2 fully saturated rings. The van der Waals surface area contributed by atoms with Crippen molar-refractivity contribution in [2.45, 2.75) is 58.4 Å². The molecule has 0 saturated heterocycles.